The number of esters is 3. The Morgan fingerprint density at radius 2 is 1.36 bits per heavy atom. The van der Waals surface area contributed by atoms with Crippen molar-refractivity contribution in [2.45, 2.75) is 132 Å². The second kappa shape index (κ2) is 17.0. The molecular weight excluding hydrogens is 744 g/mol. The van der Waals surface area contributed by atoms with E-state index < -0.39 is 45.2 Å². The molecule has 1 N–H and O–H groups in total. The van der Waals surface area contributed by atoms with Gasteiger partial charge in [-0.3, -0.25) is 19.2 Å². The van der Waals surface area contributed by atoms with Crippen LogP contribution >= 0.6 is 15.9 Å². The molecule has 8 unspecified atom stereocenters. The number of hydrogen-bond donors (Lipinski definition) is 1. The van der Waals surface area contributed by atoms with Crippen LogP contribution in [-0.2, 0) is 38.1 Å². The summed E-state index contributed by atoms with van der Waals surface area (Å²) >= 11 is 3.40. The van der Waals surface area contributed by atoms with Gasteiger partial charge in [0.1, 0.15) is 30.7 Å². The lowest BCUT2D eigenvalue weighted by molar-refractivity contribution is -0.175. The predicted octanol–water partition coefficient (Wildman–Crippen LogP) is 8.81. The van der Waals surface area contributed by atoms with Crippen LogP contribution in [0.1, 0.15) is 120 Å². The standard InChI is InChI=1S/C42H63BrO10/c1-10-40(7,37(48)53-38(2,3)4)25-41(8,34(44)45)26-42(9,36(47)51-21-19-49-18-20-50-29-16-14-28(43)15-17-29)24-39(5,6)35(46)52-33-23-27-22-32(33)31-13-11-12-30(27)31/h14-17,27,30-33H,10-13,18-26H2,1-9H3,(H,44,45). The van der Waals surface area contributed by atoms with Gasteiger partial charge in [-0.05, 0) is 155 Å². The Hall–Kier alpha value is -2.66. The van der Waals surface area contributed by atoms with Crippen LogP contribution in [0.4, 0.5) is 0 Å². The molecule has 11 heteroatoms. The molecule has 0 saturated heterocycles. The van der Waals surface area contributed by atoms with Crippen molar-refractivity contribution < 1.29 is 48.0 Å². The third kappa shape index (κ3) is 10.8. The van der Waals surface area contributed by atoms with Crippen LogP contribution in [-0.4, -0.2) is 67.1 Å². The van der Waals surface area contributed by atoms with E-state index in [4.69, 9.17) is 23.7 Å². The topological polar surface area (TPSA) is 135 Å². The molecule has 3 fully saturated rings. The molecule has 4 rings (SSSR count). The number of carbonyl (C=O) groups is 4. The normalized spacial score (nSPS) is 25.7. The second-order valence-corrected chi connectivity index (χ2v) is 19.3. The van der Waals surface area contributed by atoms with E-state index in [0.29, 0.717) is 36.5 Å². The second-order valence-electron chi connectivity index (χ2n) is 18.4. The lowest BCUT2D eigenvalue weighted by Gasteiger charge is -2.42. The molecule has 10 nitrogen and oxygen atoms in total. The van der Waals surface area contributed by atoms with Crippen LogP contribution in [0.25, 0.3) is 0 Å². The molecule has 53 heavy (non-hydrogen) atoms. The minimum atomic E-state index is -1.56. The first kappa shape index (κ1) is 43.1. The first-order valence-corrected chi connectivity index (χ1v) is 20.2. The van der Waals surface area contributed by atoms with Gasteiger partial charge in [-0.1, -0.05) is 29.3 Å². The van der Waals surface area contributed by atoms with Gasteiger partial charge in [-0.2, -0.15) is 0 Å². The summed E-state index contributed by atoms with van der Waals surface area (Å²) in [5.41, 5.74) is -6.04. The van der Waals surface area contributed by atoms with Gasteiger partial charge in [0.15, 0.2) is 0 Å². The van der Waals surface area contributed by atoms with E-state index in [1.165, 1.54) is 19.3 Å². The number of ether oxygens (including phenoxy) is 5. The lowest BCUT2D eigenvalue weighted by atomic mass is 9.61. The molecule has 1 aromatic rings. The maximum absolute atomic E-state index is 14.2. The number of halogens is 1. The number of aliphatic carboxylic acids is 1. The molecule has 0 heterocycles. The molecule has 3 saturated carbocycles. The number of hydrogen-bond acceptors (Lipinski definition) is 9. The molecule has 8 atom stereocenters. The molecule has 0 aliphatic heterocycles. The summed E-state index contributed by atoms with van der Waals surface area (Å²) in [5.74, 6) is 0.413. The molecule has 298 valence electrons. The van der Waals surface area contributed by atoms with Crippen molar-refractivity contribution in [1.82, 2.24) is 0 Å². The van der Waals surface area contributed by atoms with Crippen LogP contribution in [0.3, 0.4) is 0 Å². The largest absolute Gasteiger partial charge is 0.491 e. The first-order valence-electron chi connectivity index (χ1n) is 19.4. The summed E-state index contributed by atoms with van der Waals surface area (Å²) in [6, 6.07) is 7.44. The van der Waals surface area contributed by atoms with Gasteiger partial charge in [-0.15, -0.1) is 0 Å². The van der Waals surface area contributed by atoms with Crippen molar-refractivity contribution >= 4 is 39.8 Å². The molecule has 0 amide bonds. The molecule has 0 aromatic heterocycles. The molecule has 3 aliphatic rings. The zero-order chi connectivity index (χ0) is 39.4. The Balaban J connectivity index is 1.47. The summed E-state index contributed by atoms with van der Waals surface area (Å²) in [4.78, 5) is 54.8. The number of carboxylic acid groups (broad SMARTS) is 1. The summed E-state index contributed by atoms with van der Waals surface area (Å²) in [7, 11) is 0. The van der Waals surface area contributed by atoms with E-state index in [-0.39, 0.29) is 51.2 Å². The van der Waals surface area contributed by atoms with E-state index in [1.807, 2.05) is 31.2 Å². The van der Waals surface area contributed by atoms with Crippen molar-refractivity contribution in [3.05, 3.63) is 28.7 Å². The zero-order valence-electron chi connectivity index (χ0n) is 33.4. The van der Waals surface area contributed by atoms with Gasteiger partial charge < -0.3 is 28.8 Å². The predicted molar refractivity (Wildman–Crippen MR) is 204 cm³/mol. The summed E-state index contributed by atoms with van der Waals surface area (Å²) in [5, 5.41) is 10.7. The fraction of sp³-hybridized carbons (Fsp3) is 0.762. The molecule has 2 bridgehead atoms. The van der Waals surface area contributed by atoms with Gasteiger partial charge in [0.05, 0.1) is 34.9 Å². The number of fused-ring (bicyclic) bond motifs is 5. The smallest absolute Gasteiger partial charge is 0.312 e. The van der Waals surface area contributed by atoms with Crippen LogP contribution in [0.2, 0.25) is 0 Å². The van der Waals surface area contributed by atoms with E-state index in [9.17, 15) is 24.3 Å². The summed E-state index contributed by atoms with van der Waals surface area (Å²) < 4.78 is 30.1. The fourth-order valence-electron chi connectivity index (χ4n) is 9.59. The lowest BCUT2D eigenvalue weighted by Crippen LogP contribution is -2.47. The average molecular weight is 808 g/mol. The summed E-state index contributed by atoms with van der Waals surface area (Å²) in [6.07, 6.45) is 5.65. The van der Waals surface area contributed by atoms with Crippen LogP contribution < -0.4 is 4.74 Å². The highest BCUT2D eigenvalue weighted by atomic mass is 79.9. The first-order chi connectivity index (χ1) is 24.6. The highest BCUT2D eigenvalue weighted by molar-refractivity contribution is 9.10. The Kier molecular flexibility index (Phi) is 13.8. The van der Waals surface area contributed by atoms with E-state index in [1.54, 1.807) is 55.4 Å². The number of carbonyl (C=O) groups excluding carboxylic acids is 3. The van der Waals surface area contributed by atoms with Crippen molar-refractivity contribution in [3.8, 4) is 5.75 Å². The molecule has 1 aromatic carbocycles. The summed E-state index contributed by atoms with van der Waals surface area (Å²) in [6.45, 7) is 16.2. The molecule has 0 radical (unpaired) electrons. The van der Waals surface area contributed by atoms with Gasteiger partial charge >= 0.3 is 23.9 Å². The van der Waals surface area contributed by atoms with Gasteiger partial charge in [0.2, 0.25) is 0 Å². The number of rotatable bonds is 19. The minimum absolute atomic E-state index is 0.00936. The van der Waals surface area contributed by atoms with Crippen LogP contribution in [0.15, 0.2) is 28.7 Å². The van der Waals surface area contributed by atoms with Crippen molar-refractivity contribution in [3.63, 3.8) is 0 Å². The van der Waals surface area contributed by atoms with Crippen molar-refractivity contribution in [1.29, 1.82) is 0 Å². The van der Waals surface area contributed by atoms with Crippen molar-refractivity contribution in [2.75, 3.05) is 26.4 Å². The highest BCUT2D eigenvalue weighted by Crippen LogP contribution is 2.60. The van der Waals surface area contributed by atoms with Crippen LogP contribution in [0.5, 0.6) is 5.75 Å². The van der Waals surface area contributed by atoms with Crippen LogP contribution in [0, 0.1) is 45.3 Å². The third-order valence-corrected chi connectivity index (χ3v) is 12.6. The van der Waals surface area contributed by atoms with Gasteiger partial charge in [0, 0.05) is 4.47 Å². The monoisotopic (exact) mass is 806 g/mol. The van der Waals surface area contributed by atoms with E-state index in [0.717, 1.165) is 23.2 Å². The molecule has 3 aliphatic carbocycles. The minimum Gasteiger partial charge on any atom is -0.491 e. The number of carboxylic acids is 1. The average Bonchev–Trinajstić information content (AvgIpc) is 3.78. The van der Waals surface area contributed by atoms with Crippen molar-refractivity contribution in [2.24, 2.45) is 45.3 Å². The number of benzene rings is 1. The Bertz CT molecular complexity index is 1450. The third-order valence-electron chi connectivity index (χ3n) is 12.0. The molecule has 0 spiro atoms. The Morgan fingerprint density at radius 1 is 0.736 bits per heavy atom. The maximum atomic E-state index is 14.2. The molecular formula is C42H63BrO10. The Labute approximate surface area is 324 Å². The maximum Gasteiger partial charge on any atom is 0.312 e. The van der Waals surface area contributed by atoms with E-state index in [2.05, 4.69) is 15.9 Å². The Morgan fingerprint density at radius 3 is 1.98 bits per heavy atom. The quantitative estimate of drug-likeness (QED) is 0.0821. The van der Waals surface area contributed by atoms with E-state index >= 15 is 0 Å². The fourth-order valence-corrected chi connectivity index (χ4v) is 9.85. The van der Waals surface area contributed by atoms with Gasteiger partial charge in [-0.25, -0.2) is 0 Å². The van der Waals surface area contributed by atoms with Gasteiger partial charge in [0.25, 0.3) is 0 Å². The zero-order valence-corrected chi connectivity index (χ0v) is 35.0. The highest BCUT2D eigenvalue weighted by Gasteiger charge is 2.57. The SMILES string of the molecule is CCC(C)(CC(C)(CC(C)(CC(C)(C)C(=O)OC1CC2CC1C1CCCC21)C(=O)OCCOCCOc1ccc(Br)cc1)C(=O)O)C(=O)OC(C)(C)C.